The summed E-state index contributed by atoms with van der Waals surface area (Å²) in [5.41, 5.74) is 6.81. The Kier molecular flexibility index (Phi) is 5.92. The Morgan fingerprint density at radius 2 is 1.85 bits per heavy atom. The van der Waals surface area contributed by atoms with Crippen LogP contribution in [0.1, 0.15) is 43.5 Å². The molecule has 3 rings (SSSR count). The van der Waals surface area contributed by atoms with Crippen molar-refractivity contribution in [2.45, 2.75) is 44.0 Å². The predicted octanol–water partition coefficient (Wildman–Crippen LogP) is 2.60. The molecule has 142 valence electrons. The molecule has 2 saturated heterocycles. The minimum atomic E-state index is -0.0816. The van der Waals surface area contributed by atoms with E-state index in [1.165, 1.54) is 11.8 Å². The lowest BCUT2D eigenvalue weighted by Crippen LogP contribution is -2.54. The molecule has 26 heavy (non-hydrogen) atoms. The van der Waals surface area contributed by atoms with Crippen LogP contribution in [0.4, 0.5) is 0 Å². The molecule has 0 spiro atoms. The zero-order chi connectivity index (χ0) is 18.7. The summed E-state index contributed by atoms with van der Waals surface area (Å²) in [7, 11) is 0. The Morgan fingerprint density at radius 1 is 1.15 bits per heavy atom. The highest BCUT2D eigenvalue weighted by atomic mass is 32.2. The van der Waals surface area contributed by atoms with Gasteiger partial charge in [0.05, 0.1) is 11.3 Å². The van der Waals surface area contributed by atoms with Crippen LogP contribution in [0.5, 0.6) is 0 Å². The van der Waals surface area contributed by atoms with E-state index in [0.29, 0.717) is 24.4 Å². The molecule has 0 bridgehead atoms. The van der Waals surface area contributed by atoms with Gasteiger partial charge in [-0.25, -0.2) is 0 Å². The fourth-order valence-corrected chi connectivity index (χ4v) is 4.63. The SMILES string of the molecule is CC1(C)CN(C(=O)c2ccccc2SCC(=O)N2CCCC2)CCC1N. The molecule has 2 heterocycles. The van der Waals surface area contributed by atoms with Crippen molar-refractivity contribution in [3.05, 3.63) is 29.8 Å². The largest absolute Gasteiger partial charge is 0.342 e. The van der Waals surface area contributed by atoms with E-state index in [1.54, 1.807) is 0 Å². The number of rotatable bonds is 4. The van der Waals surface area contributed by atoms with E-state index in [0.717, 1.165) is 37.2 Å². The number of likely N-dealkylation sites (tertiary alicyclic amines) is 2. The van der Waals surface area contributed by atoms with Crippen molar-refractivity contribution in [1.82, 2.24) is 9.80 Å². The number of benzene rings is 1. The summed E-state index contributed by atoms with van der Waals surface area (Å²) in [6.45, 7) is 7.32. The van der Waals surface area contributed by atoms with E-state index in [1.807, 2.05) is 34.1 Å². The Labute approximate surface area is 160 Å². The second-order valence-electron chi connectivity index (χ2n) is 7.98. The van der Waals surface area contributed by atoms with Crippen LogP contribution in [-0.2, 0) is 4.79 Å². The van der Waals surface area contributed by atoms with Crippen LogP contribution in [0.2, 0.25) is 0 Å². The van der Waals surface area contributed by atoms with Crippen LogP contribution >= 0.6 is 11.8 Å². The van der Waals surface area contributed by atoms with Crippen molar-refractivity contribution in [2.75, 3.05) is 31.9 Å². The number of carbonyl (C=O) groups is 2. The molecule has 0 radical (unpaired) electrons. The molecule has 6 heteroatoms. The Hall–Kier alpha value is -1.53. The number of carbonyl (C=O) groups excluding carboxylic acids is 2. The maximum Gasteiger partial charge on any atom is 0.255 e. The predicted molar refractivity (Wildman–Crippen MR) is 105 cm³/mol. The first kappa shape index (κ1) is 19.2. The highest BCUT2D eigenvalue weighted by Crippen LogP contribution is 2.31. The molecule has 0 saturated carbocycles. The lowest BCUT2D eigenvalue weighted by atomic mass is 9.79. The fraction of sp³-hybridized carbons (Fsp3) is 0.600. The summed E-state index contributed by atoms with van der Waals surface area (Å²) >= 11 is 1.47. The smallest absolute Gasteiger partial charge is 0.255 e. The molecule has 1 unspecified atom stereocenters. The highest BCUT2D eigenvalue weighted by Gasteiger charge is 2.36. The Morgan fingerprint density at radius 3 is 2.54 bits per heavy atom. The number of piperidine rings is 1. The van der Waals surface area contributed by atoms with Crippen LogP contribution in [0.25, 0.3) is 0 Å². The van der Waals surface area contributed by atoms with Gasteiger partial charge in [-0.05, 0) is 36.8 Å². The second kappa shape index (κ2) is 8.01. The first-order chi connectivity index (χ1) is 12.4. The maximum absolute atomic E-state index is 13.1. The molecule has 1 atom stereocenters. The van der Waals surface area contributed by atoms with E-state index in [9.17, 15) is 9.59 Å². The molecule has 2 amide bonds. The van der Waals surface area contributed by atoms with Crippen LogP contribution in [0.15, 0.2) is 29.2 Å². The quantitative estimate of drug-likeness (QED) is 0.822. The van der Waals surface area contributed by atoms with Crippen LogP contribution < -0.4 is 5.73 Å². The topological polar surface area (TPSA) is 66.6 Å². The van der Waals surface area contributed by atoms with E-state index in [2.05, 4.69) is 13.8 Å². The van der Waals surface area contributed by atoms with Gasteiger partial charge in [-0.15, -0.1) is 11.8 Å². The molecule has 1 aromatic rings. The van der Waals surface area contributed by atoms with Gasteiger partial charge in [-0.3, -0.25) is 9.59 Å². The van der Waals surface area contributed by atoms with Crippen LogP contribution in [0.3, 0.4) is 0 Å². The fourth-order valence-electron chi connectivity index (χ4n) is 3.68. The van der Waals surface area contributed by atoms with Crippen LogP contribution in [0, 0.1) is 5.41 Å². The van der Waals surface area contributed by atoms with Gasteiger partial charge >= 0.3 is 0 Å². The minimum absolute atomic E-state index is 0.0432. The summed E-state index contributed by atoms with van der Waals surface area (Å²) in [6.07, 6.45) is 3.01. The van der Waals surface area contributed by atoms with Crippen molar-refractivity contribution in [3.8, 4) is 0 Å². The van der Waals surface area contributed by atoms with Gasteiger partial charge in [0.1, 0.15) is 0 Å². The molecule has 2 aliphatic heterocycles. The van der Waals surface area contributed by atoms with Gasteiger partial charge in [-0.1, -0.05) is 26.0 Å². The van der Waals surface area contributed by atoms with Crippen molar-refractivity contribution < 1.29 is 9.59 Å². The third-order valence-corrected chi connectivity index (χ3v) is 6.59. The summed E-state index contributed by atoms with van der Waals surface area (Å²) in [4.78, 5) is 30.1. The number of thioether (sulfide) groups is 1. The van der Waals surface area contributed by atoms with Crippen molar-refractivity contribution >= 4 is 23.6 Å². The minimum Gasteiger partial charge on any atom is -0.342 e. The molecule has 0 aromatic heterocycles. The average molecular weight is 376 g/mol. The third kappa shape index (κ3) is 4.23. The number of nitrogens with two attached hydrogens (primary N) is 1. The second-order valence-corrected chi connectivity index (χ2v) is 9.00. The van der Waals surface area contributed by atoms with Crippen molar-refractivity contribution in [2.24, 2.45) is 11.1 Å². The number of nitrogens with zero attached hydrogens (tertiary/aromatic N) is 2. The Balaban J connectivity index is 1.68. The molecule has 2 fully saturated rings. The maximum atomic E-state index is 13.1. The normalized spacial score (nSPS) is 22.5. The number of amides is 2. The number of hydrogen-bond donors (Lipinski definition) is 1. The van der Waals surface area contributed by atoms with Crippen molar-refractivity contribution in [1.29, 1.82) is 0 Å². The van der Waals surface area contributed by atoms with Gasteiger partial charge in [0.25, 0.3) is 5.91 Å². The molecular formula is C20H29N3O2S. The molecule has 2 aliphatic rings. The van der Waals surface area contributed by atoms with Crippen LogP contribution in [-0.4, -0.2) is 59.6 Å². The molecular weight excluding hydrogens is 346 g/mol. The standard InChI is InChI=1S/C20H29N3O2S/c1-20(2)14-23(12-9-17(20)21)19(25)15-7-3-4-8-16(15)26-13-18(24)22-10-5-6-11-22/h3-4,7-8,17H,5-6,9-14,21H2,1-2H3. The van der Waals surface area contributed by atoms with E-state index >= 15 is 0 Å². The lowest BCUT2D eigenvalue weighted by Gasteiger charge is -2.42. The Bertz CT molecular complexity index is 671. The number of hydrogen-bond acceptors (Lipinski definition) is 4. The van der Waals surface area contributed by atoms with Gasteiger partial charge in [0, 0.05) is 37.1 Å². The third-order valence-electron chi connectivity index (χ3n) is 5.53. The van der Waals surface area contributed by atoms with Gasteiger partial charge in [-0.2, -0.15) is 0 Å². The van der Waals surface area contributed by atoms with E-state index < -0.39 is 0 Å². The first-order valence-electron chi connectivity index (χ1n) is 9.43. The van der Waals surface area contributed by atoms with Gasteiger partial charge in [0.2, 0.25) is 5.91 Å². The summed E-state index contributed by atoms with van der Waals surface area (Å²) in [6, 6.07) is 7.74. The molecule has 0 aliphatic carbocycles. The zero-order valence-electron chi connectivity index (χ0n) is 15.7. The monoisotopic (exact) mass is 375 g/mol. The average Bonchev–Trinajstić information content (AvgIpc) is 3.16. The van der Waals surface area contributed by atoms with Gasteiger partial charge < -0.3 is 15.5 Å². The molecule has 1 aromatic carbocycles. The zero-order valence-corrected chi connectivity index (χ0v) is 16.6. The first-order valence-corrected chi connectivity index (χ1v) is 10.4. The summed E-state index contributed by atoms with van der Waals surface area (Å²) in [5, 5.41) is 0. The van der Waals surface area contributed by atoms with E-state index in [-0.39, 0.29) is 23.3 Å². The summed E-state index contributed by atoms with van der Waals surface area (Å²) in [5.74, 6) is 0.599. The molecule has 2 N–H and O–H groups in total. The summed E-state index contributed by atoms with van der Waals surface area (Å²) < 4.78 is 0. The highest BCUT2D eigenvalue weighted by molar-refractivity contribution is 8.00. The lowest BCUT2D eigenvalue weighted by molar-refractivity contribution is -0.127. The molecule has 5 nitrogen and oxygen atoms in total. The van der Waals surface area contributed by atoms with E-state index in [4.69, 9.17) is 5.73 Å². The van der Waals surface area contributed by atoms with Crippen molar-refractivity contribution in [3.63, 3.8) is 0 Å². The van der Waals surface area contributed by atoms with Gasteiger partial charge in [0.15, 0.2) is 0 Å².